The van der Waals surface area contributed by atoms with E-state index in [1.807, 2.05) is 0 Å². The van der Waals surface area contributed by atoms with Crippen molar-refractivity contribution in [1.29, 1.82) is 0 Å². The molecule has 2 aliphatic heterocycles. The first-order chi connectivity index (χ1) is 37.2. The summed E-state index contributed by atoms with van der Waals surface area (Å²) < 4.78 is 0. The summed E-state index contributed by atoms with van der Waals surface area (Å²) in [5, 5.41) is 0. The van der Waals surface area contributed by atoms with Gasteiger partial charge in [0.25, 0.3) is 6.71 Å². The molecule has 12 aromatic carbocycles. The van der Waals surface area contributed by atoms with E-state index in [1.54, 1.807) is 0 Å². The topological polar surface area (TPSA) is 6.48 Å². The van der Waals surface area contributed by atoms with Gasteiger partial charge in [0.05, 0.1) is 0 Å². The Morgan fingerprint density at radius 2 is 0.453 bits per heavy atom. The van der Waals surface area contributed by atoms with Crippen molar-refractivity contribution in [1.82, 2.24) is 0 Å². The lowest BCUT2D eigenvalue weighted by atomic mass is 9.33. The highest BCUT2D eigenvalue weighted by molar-refractivity contribution is 7.00. The molecule has 3 heteroatoms. The van der Waals surface area contributed by atoms with Crippen LogP contribution in [0.1, 0.15) is 0 Å². The Bertz CT molecular complexity index is 3760. The first-order valence-corrected chi connectivity index (χ1v) is 25.9. The van der Waals surface area contributed by atoms with Crippen molar-refractivity contribution in [3.05, 3.63) is 297 Å². The van der Waals surface area contributed by atoms with Gasteiger partial charge in [0.1, 0.15) is 0 Å². The van der Waals surface area contributed by atoms with Crippen LogP contribution in [0.5, 0.6) is 0 Å². The lowest BCUT2D eigenvalue weighted by molar-refractivity contribution is 1.25. The van der Waals surface area contributed by atoms with E-state index in [4.69, 9.17) is 0 Å². The Balaban J connectivity index is 1.12. The van der Waals surface area contributed by atoms with Crippen molar-refractivity contribution in [2.45, 2.75) is 0 Å². The number of hydrogen-bond acceptors (Lipinski definition) is 2. The molecule has 0 spiro atoms. The van der Waals surface area contributed by atoms with Gasteiger partial charge >= 0.3 is 0 Å². The van der Waals surface area contributed by atoms with Crippen LogP contribution in [0.3, 0.4) is 0 Å². The minimum absolute atomic E-state index is 0.149. The Morgan fingerprint density at radius 1 is 0.200 bits per heavy atom. The zero-order valence-electron chi connectivity index (χ0n) is 41.3. The van der Waals surface area contributed by atoms with Gasteiger partial charge < -0.3 is 9.80 Å². The molecular weight excluding hydrogens is 904 g/mol. The van der Waals surface area contributed by atoms with Crippen LogP contribution in [0.4, 0.5) is 34.1 Å². The summed E-state index contributed by atoms with van der Waals surface area (Å²) in [6, 6.07) is 109. The summed E-state index contributed by atoms with van der Waals surface area (Å²) in [6.45, 7) is -0.149. The standard InChI is InChI=1S/C72H49BN2/c1-8-22-50(23-9-1)53-36-40-60(41-37-53)74-68-48-64(57-32-18-6-19-33-57)62(55-28-14-4-15-29-55)46-66(68)73-67-47-63(56-30-16-5-17-31-56)65(58-34-20-7-21-35-58)49-69(67)75(61-42-38-54(39-43-61)51-24-10-2-11-25-51)71-45-59(44-70(74)72(71)73)52-26-12-3-13-27-52/h1-49H. The van der Waals surface area contributed by atoms with E-state index < -0.39 is 0 Å². The van der Waals surface area contributed by atoms with E-state index in [9.17, 15) is 0 Å². The van der Waals surface area contributed by atoms with Crippen molar-refractivity contribution >= 4 is 57.2 Å². The predicted octanol–water partition coefficient (Wildman–Crippen LogP) is 17.4. The van der Waals surface area contributed by atoms with E-state index >= 15 is 0 Å². The largest absolute Gasteiger partial charge is 0.311 e. The van der Waals surface area contributed by atoms with Gasteiger partial charge in [-0.1, -0.05) is 249 Å². The highest BCUT2D eigenvalue weighted by Crippen LogP contribution is 2.50. The van der Waals surface area contributed by atoms with Crippen molar-refractivity contribution in [3.8, 4) is 77.9 Å². The fourth-order valence-corrected chi connectivity index (χ4v) is 11.7. The van der Waals surface area contributed by atoms with Gasteiger partial charge in [-0.25, -0.2) is 0 Å². The quantitative estimate of drug-likeness (QED) is 0.133. The summed E-state index contributed by atoms with van der Waals surface area (Å²) in [5.41, 5.74) is 27.2. The summed E-state index contributed by atoms with van der Waals surface area (Å²) in [6.07, 6.45) is 0. The molecule has 14 rings (SSSR count). The molecule has 0 saturated heterocycles. The zero-order chi connectivity index (χ0) is 49.7. The van der Waals surface area contributed by atoms with Crippen LogP contribution < -0.4 is 26.2 Å². The molecule has 2 aliphatic rings. The average molecular weight is 953 g/mol. The van der Waals surface area contributed by atoms with Gasteiger partial charge in [0.15, 0.2) is 0 Å². The summed E-state index contributed by atoms with van der Waals surface area (Å²) in [4.78, 5) is 5.12. The maximum absolute atomic E-state index is 2.56. The van der Waals surface area contributed by atoms with Gasteiger partial charge in [-0.2, -0.15) is 0 Å². The molecule has 0 aliphatic carbocycles. The zero-order valence-corrected chi connectivity index (χ0v) is 41.3. The predicted molar refractivity (Wildman–Crippen MR) is 319 cm³/mol. The summed E-state index contributed by atoms with van der Waals surface area (Å²) in [7, 11) is 0. The monoisotopic (exact) mass is 952 g/mol. The molecule has 75 heavy (non-hydrogen) atoms. The number of hydrogen-bond donors (Lipinski definition) is 0. The van der Waals surface area contributed by atoms with Crippen LogP contribution in [-0.2, 0) is 0 Å². The Hall–Kier alpha value is -9.70. The van der Waals surface area contributed by atoms with Crippen LogP contribution in [-0.4, -0.2) is 6.71 Å². The lowest BCUT2D eigenvalue weighted by Crippen LogP contribution is -2.61. The maximum atomic E-state index is 2.56. The Kier molecular flexibility index (Phi) is 11.0. The molecule has 0 atom stereocenters. The first kappa shape index (κ1) is 44.0. The normalized spacial score (nSPS) is 12.2. The minimum Gasteiger partial charge on any atom is -0.311 e. The molecule has 0 N–H and O–H groups in total. The molecule has 0 radical (unpaired) electrons. The van der Waals surface area contributed by atoms with Crippen molar-refractivity contribution in [2.75, 3.05) is 9.80 Å². The maximum Gasteiger partial charge on any atom is 0.252 e. The number of benzene rings is 12. The van der Waals surface area contributed by atoms with Crippen LogP contribution in [0.15, 0.2) is 297 Å². The van der Waals surface area contributed by atoms with Gasteiger partial charge in [0, 0.05) is 34.1 Å². The van der Waals surface area contributed by atoms with Crippen molar-refractivity contribution < 1.29 is 0 Å². The van der Waals surface area contributed by atoms with Crippen LogP contribution in [0.2, 0.25) is 0 Å². The molecule has 2 nitrogen and oxygen atoms in total. The van der Waals surface area contributed by atoms with Crippen LogP contribution in [0.25, 0.3) is 77.9 Å². The third-order valence-corrected chi connectivity index (χ3v) is 15.3. The highest BCUT2D eigenvalue weighted by Gasteiger charge is 2.45. The molecule has 0 saturated carbocycles. The molecule has 0 bridgehead atoms. The molecular formula is C72H49BN2. The minimum atomic E-state index is -0.149. The smallest absolute Gasteiger partial charge is 0.252 e. The van der Waals surface area contributed by atoms with Gasteiger partial charge in [-0.15, -0.1) is 0 Å². The number of anilines is 6. The lowest BCUT2D eigenvalue weighted by Gasteiger charge is -2.45. The first-order valence-electron chi connectivity index (χ1n) is 25.9. The van der Waals surface area contributed by atoms with Crippen LogP contribution >= 0.6 is 0 Å². The third-order valence-electron chi connectivity index (χ3n) is 15.3. The highest BCUT2D eigenvalue weighted by atomic mass is 15.2. The second-order valence-corrected chi connectivity index (χ2v) is 19.6. The molecule has 0 amide bonds. The second-order valence-electron chi connectivity index (χ2n) is 19.6. The van der Waals surface area contributed by atoms with Crippen molar-refractivity contribution in [3.63, 3.8) is 0 Å². The molecule has 2 heterocycles. The SMILES string of the molecule is c1ccc(-c2ccc(N3c4cc(-c5ccccc5)c(-c5ccccc5)cc4B4c5cc(-c6ccccc6)c(-c6ccccc6)cc5N(c5ccc(-c6ccccc6)cc5)c5cc(-c6ccccc6)cc3c54)cc2)cc1. The van der Waals surface area contributed by atoms with E-state index in [-0.39, 0.29) is 6.71 Å². The molecule has 12 aromatic rings. The summed E-state index contributed by atoms with van der Waals surface area (Å²) >= 11 is 0. The molecule has 0 unspecified atom stereocenters. The van der Waals surface area contributed by atoms with Gasteiger partial charge in [-0.05, 0) is 143 Å². The van der Waals surface area contributed by atoms with E-state index in [1.165, 1.54) is 83.1 Å². The third kappa shape index (κ3) is 7.85. The number of nitrogens with zero attached hydrogens (tertiary/aromatic N) is 2. The Morgan fingerprint density at radius 3 is 0.760 bits per heavy atom. The fourth-order valence-electron chi connectivity index (χ4n) is 11.7. The van der Waals surface area contributed by atoms with E-state index in [0.29, 0.717) is 0 Å². The molecule has 0 fully saturated rings. The fraction of sp³-hybridized carbons (Fsp3) is 0. The average Bonchev–Trinajstić information content (AvgIpc) is 3.50. The van der Waals surface area contributed by atoms with E-state index in [0.717, 1.165) is 45.3 Å². The van der Waals surface area contributed by atoms with E-state index in [2.05, 4.69) is 307 Å². The van der Waals surface area contributed by atoms with Gasteiger partial charge in [0.2, 0.25) is 0 Å². The molecule has 0 aromatic heterocycles. The van der Waals surface area contributed by atoms with Crippen molar-refractivity contribution in [2.24, 2.45) is 0 Å². The Labute approximate surface area is 439 Å². The van der Waals surface area contributed by atoms with Crippen LogP contribution in [0, 0.1) is 0 Å². The summed E-state index contributed by atoms with van der Waals surface area (Å²) in [5.74, 6) is 0. The second kappa shape index (κ2) is 18.7. The molecule has 350 valence electrons. The number of rotatable bonds is 9. The van der Waals surface area contributed by atoms with Gasteiger partial charge in [-0.3, -0.25) is 0 Å². The number of fused-ring (bicyclic) bond motifs is 4.